The van der Waals surface area contributed by atoms with Gasteiger partial charge in [0.1, 0.15) is 11.3 Å². The number of tetrazole rings is 1. The lowest BCUT2D eigenvalue weighted by Gasteiger charge is -2.02. The molecule has 0 radical (unpaired) electrons. The van der Waals surface area contributed by atoms with Crippen LogP contribution in [0.4, 0.5) is 5.69 Å². The van der Waals surface area contributed by atoms with Crippen molar-refractivity contribution in [2.75, 3.05) is 5.32 Å². The number of nitrogens with zero attached hydrogens (tertiary/aromatic N) is 4. The molecule has 0 bridgehead atoms. The van der Waals surface area contributed by atoms with Gasteiger partial charge in [0, 0.05) is 5.39 Å². The molecule has 8 nitrogen and oxygen atoms in total. The highest BCUT2D eigenvalue weighted by molar-refractivity contribution is 6.01. The largest absolute Gasteiger partial charge is 0.421 e. The molecule has 0 fully saturated rings. The first kappa shape index (κ1) is 15.7. The maximum Gasteiger partial charge on any atom is 0.360 e. The van der Waals surface area contributed by atoms with Gasteiger partial charge in [-0.3, -0.25) is 4.79 Å². The van der Waals surface area contributed by atoms with E-state index in [0.29, 0.717) is 16.7 Å². The number of rotatable bonds is 3. The lowest BCUT2D eigenvalue weighted by Crippen LogP contribution is -2.19. The van der Waals surface area contributed by atoms with Gasteiger partial charge in [-0.1, -0.05) is 35.9 Å². The number of aromatic nitrogens is 4. The topological polar surface area (TPSA) is 103 Å². The fourth-order valence-corrected chi connectivity index (χ4v) is 2.42. The smallest absolute Gasteiger partial charge is 0.360 e. The third-order valence-corrected chi connectivity index (χ3v) is 3.77. The number of hydrogen-bond donors (Lipinski definition) is 1. The summed E-state index contributed by atoms with van der Waals surface area (Å²) < 4.78 is 5.18. The number of benzene rings is 2. The van der Waals surface area contributed by atoms with Gasteiger partial charge in [0.25, 0.3) is 11.7 Å². The molecule has 0 unspecified atom stereocenters. The van der Waals surface area contributed by atoms with Crippen molar-refractivity contribution >= 4 is 22.6 Å². The van der Waals surface area contributed by atoms with E-state index in [1.807, 2.05) is 37.3 Å². The molecule has 8 heteroatoms. The Hall–Kier alpha value is -3.81. The molecular formula is C18H13N5O3. The first-order valence-electron chi connectivity index (χ1n) is 7.81. The van der Waals surface area contributed by atoms with Crippen LogP contribution in [0.5, 0.6) is 0 Å². The molecule has 0 aliphatic carbocycles. The van der Waals surface area contributed by atoms with Crippen molar-refractivity contribution in [3.63, 3.8) is 0 Å². The third kappa shape index (κ3) is 2.95. The molecule has 0 aliphatic heterocycles. The number of hydrogen-bond acceptors (Lipinski definition) is 6. The monoisotopic (exact) mass is 347 g/mol. The van der Waals surface area contributed by atoms with Gasteiger partial charge in [-0.05, 0) is 36.4 Å². The number of para-hydroxylation sites is 1. The standard InChI is InChI=1S/C18H13N5O3/c1-11-6-8-13(9-7-11)23-21-16(20-22-23)17(24)19-14-10-12-4-2-3-5-15(12)26-18(14)25/h2-10H,1H3,(H,19,24). The zero-order valence-electron chi connectivity index (χ0n) is 13.7. The second-order valence-electron chi connectivity index (χ2n) is 5.68. The summed E-state index contributed by atoms with van der Waals surface area (Å²) in [5.74, 6) is -0.802. The maximum absolute atomic E-state index is 12.3. The average Bonchev–Trinajstić information content (AvgIpc) is 3.13. The summed E-state index contributed by atoms with van der Waals surface area (Å²) in [6, 6.07) is 16.0. The van der Waals surface area contributed by atoms with Crippen molar-refractivity contribution < 1.29 is 9.21 Å². The number of carbonyl (C=O) groups is 1. The molecule has 4 aromatic rings. The van der Waals surface area contributed by atoms with Crippen LogP contribution in [-0.4, -0.2) is 26.1 Å². The highest BCUT2D eigenvalue weighted by Gasteiger charge is 2.16. The van der Waals surface area contributed by atoms with Crippen LogP contribution < -0.4 is 10.9 Å². The fraction of sp³-hybridized carbons (Fsp3) is 0.0556. The summed E-state index contributed by atoms with van der Waals surface area (Å²) in [6.45, 7) is 1.96. The molecule has 0 atom stereocenters. The van der Waals surface area contributed by atoms with Crippen molar-refractivity contribution in [3.8, 4) is 5.69 Å². The molecule has 0 aliphatic rings. The Kier molecular flexibility index (Phi) is 3.77. The van der Waals surface area contributed by atoms with Crippen molar-refractivity contribution in [1.82, 2.24) is 20.2 Å². The minimum atomic E-state index is -0.650. The molecule has 128 valence electrons. The molecule has 0 spiro atoms. The summed E-state index contributed by atoms with van der Waals surface area (Å²) in [6.07, 6.45) is 0. The molecule has 1 amide bonds. The Morgan fingerprint density at radius 3 is 2.69 bits per heavy atom. The maximum atomic E-state index is 12.3. The van der Waals surface area contributed by atoms with E-state index in [4.69, 9.17) is 4.42 Å². The molecule has 26 heavy (non-hydrogen) atoms. The number of fused-ring (bicyclic) bond motifs is 1. The van der Waals surface area contributed by atoms with E-state index in [0.717, 1.165) is 5.56 Å². The molecule has 2 heterocycles. The second-order valence-corrected chi connectivity index (χ2v) is 5.68. The SMILES string of the molecule is Cc1ccc(-n2nnc(C(=O)Nc3cc4ccccc4oc3=O)n2)cc1. The van der Waals surface area contributed by atoms with E-state index in [-0.39, 0.29) is 11.5 Å². The minimum Gasteiger partial charge on any atom is -0.421 e. The van der Waals surface area contributed by atoms with E-state index in [2.05, 4.69) is 20.7 Å². The number of aryl methyl sites for hydroxylation is 1. The summed E-state index contributed by atoms with van der Waals surface area (Å²) in [5.41, 5.74) is 1.57. The van der Waals surface area contributed by atoms with Crippen LogP contribution >= 0.6 is 0 Å². The number of nitrogens with one attached hydrogen (secondary N) is 1. The lowest BCUT2D eigenvalue weighted by atomic mass is 10.2. The summed E-state index contributed by atoms with van der Waals surface area (Å²) in [4.78, 5) is 25.6. The lowest BCUT2D eigenvalue weighted by molar-refractivity contribution is 0.101. The van der Waals surface area contributed by atoms with Gasteiger partial charge in [0.05, 0.1) is 5.69 Å². The Labute approximate surface area is 147 Å². The Balaban J connectivity index is 1.60. The van der Waals surface area contributed by atoms with Crippen molar-refractivity contribution in [3.05, 3.63) is 76.4 Å². The number of carbonyl (C=O) groups excluding carboxylic acids is 1. The first-order chi connectivity index (χ1) is 12.6. The zero-order valence-corrected chi connectivity index (χ0v) is 13.7. The minimum absolute atomic E-state index is 0.0142. The molecule has 0 saturated heterocycles. The van der Waals surface area contributed by atoms with Crippen LogP contribution in [0.15, 0.2) is 63.8 Å². The molecule has 0 saturated carbocycles. The molecular weight excluding hydrogens is 334 g/mol. The van der Waals surface area contributed by atoms with Crippen molar-refractivity contribution in [1.29, 1.82) is 0 Å². The van der Waals surface area contributed by atoms with Gasteiger partial charge in [-0.2, -0.15) is 0 Å². The second kappa shape index (κ2) is 6.25. The Bertz CT molecular complexity index is 1160. The molecule has 4 rings (SSSR count). The highest BCUT2D eigenvalue weighted by Crippen LogP contribution is 2.15. The van der Waals surface area contributed by atoms with E-state index >= 15 is 0 Å². The van der Waals surface area contributed by atoms with Gasteiger partial charge in [0.2, 0.25) is 0 Å². The Morgan fingerprint density at radius 1 is 1.12 bits per heavy atom. The third-order valence-electron chi connectivity index (χ3n) is 3.77. The number of anilines is 1. The first-order valence-corrected chi connectivity index (χ1v) is 7.81. The summed E-state index contributed by atoms with van der Waals surface area (Å²) >= 11 is 0. The predicted molar refractivity (Wildman–Crippen MR) is 94.3 cm³/mol. The van der Waals surface area contributed by atoms with Gasteiger partial charge in [0.15, 0.2) is 0 Å². The predicted octanol–water partition coefficient (Wildman–Crippen LogP) is 2.33. The number of amides is 1. The van der Waals surface area contributed by atoms with E-state index in [1.54, 1.807) is 24.3 Å². The van der Waals surface area contributed by atoms with E-state index in [1.165, 1.54) is 4.80 Å². The summed E-state index contributed by atoms with van der Waals surface area (Å²) in [7, 11) is 0. The van der Waals surface area contributed by atoms with Crippen LogP contribution in [0.2, 0.25) is 0 Å². The molecule has 2 aromatic heterocycles. The highest BCUT2D eigenvalue weighted by atomic mass is 16.4. The van der Waals surface area contributed by atoms with Gasteiger partial charge in [-0.15, -0.1) is 15.0 Å². The van der Waals surface area contributed by atoms with Crippen molar-refractivity contribution in [2.45, 2.75) is 6.92 Å². The van der Waals surface area contributed by atoms with Crippen LogP contribution in [0, 0.1) is 6.92 Å². The van der Waals surface area contributed by atoms with Gasteiger partial charge < -0.3 is 9.73 Å². The van der Waals surface area contributed by atoms with Crippen LogP contribution in [-0.2, 0) is 0 Å². The molecule has 1 N–H and O–H groups in total. The van der Waals surface area contributed by atoms with E-state index in [9.17, 15) is 9.59 Å². The van der Waals surface area contributed by atoms with Crippen molar-refractivity contribution in [2.24, 2.45) is 0 Å². The average molecular weight is 347 g/mol. The van der Waals surface area contributed by atoms with Crippen LogP contribution in [0.3, 0.4) is 0 Å². The fourth-order valence-electron chi connectivity index (χ4n) is 2.42. The van der Waals surface area contributed by atoms with Gasteiger partial charge >= 0.3 is 5.63 Å². The van der Waals surface area contributed by atoms with Crippen LogP contribution in [0.25, 0.3) is 16.7 Å². The van der Waals surface area contributed by atoms with E-state index < -0.39 is 11.5 Å². The van der Waals surface area contributed by atoms with Gasteiger partial charge in [-0.25, -0.2) is 4.79 Å². The Morgan fingerprint density at radius 2 is 1.88 bits per heavy atom. The molecule has 2 aromatic carbocycles. The normalized spacial score (nSPS) is 10.8. The quantitative estimate of drug-likeness (QED) is 0.571. The van der Waals surface area contributed by atoms with Crippen LogP contribution in [0.1, 0.15) is 16.2 Å². The summed E-state index contributed by atoms with van der Waals surface area (Å²) in [5, 5.41) is 14.8. The zero-order chi connectivity index (χ0) is 18.1.